The van der Waals surface area contributed by atoms with Gasteiger partial charge in [0.2, 0.25) is 0 Å². The van der Waals surface area contributed by atoms with Crippen LogP contribution in [-0.4, -0.2) is 34.1 Å². The van der Waals surface area contributed by atoms with E-state index < -0.39 is 17.6 Å². The summed E-state index contributed by atoms with van der Waals surface area (Å²) in [4.78, 5) is 19.4. The molecule has 0 N–H and O–H groups in total. The predicted molar refractivity (Wildman–Crippen MR) is 73.2 cm³/mol. The standard InChI is InChI=1S/C14H11F3N4O/c1-21(13(22)12-4-2-3-7-18-12)20-9-11-6-5-10(8-19-11)14(15,16)17/h2-9H,1H3. The van der Waals surface area contributed by atoms with Gasteiger partial charge in [0.25, 0.3) is 5.91 Å². The summed E-state index contributed by atoms with van der Waals surface area (Å²) >= 11 is 0. The first kappa shape index (κ1) is 15.6. The topological polar surface area (TPSA) is 58.5 Å². The van der Waals surface area contributed by atoms with Crippen molar-refractivity contribution in [1.29, 1.82) is 0 Å². The molecular weight excluding hydrogens is 297 g/mol. The van der Waals surface area contributed by atoms with Gasteiger partial charge in [0.1, 0.15) is 5.69 Å². The van der Waals surface area contributed by atoms with Crippen LogP contribution in [0.15, 0.2) is 47.8 Å². The smallest absolute Gasteiger partial charge is 0.265 e. The zero-order valence-corrected chi connectivity index (χ0v) is 11.4. The Kier molecular flexibility index (Phi) is 4.50. The van der Waals surface area contributed by atoms with E-state index in [0.717, 1.165) is 11.1 Å². The van der Waals surface area contributed by atoms with Gasteiger partial charge in [0.15, 0.2) is 0 Å². The first-order valence-corrected chi connectivity index (χ1v) is 6.14. The fraction of sp³-hybridized carbons (Fsp3) is 0.143. The van der Waals surface area contributed by atoms with Gasteiger partial charge in [-0.25, -0.2) is 5.01 Å². The van der Waals surface area contributed by atoms with E-state index >= 15 is 0 Å². The third-order valence-electron chi connectivity index (χ3n) is 2.65. The number of carbonyl (C=O) groups is 1. The van der Waals surface area contributed by atoms with Crippen LogP contribution in [0.1, 0.15) is 21.7 Å². The number of pyridine rings is 2. The molecule has 8 heteroatoms. The number of nitrogens with zero attached hydrogens (tertiary/aromatic N) is 4. The number of alkyl halides is 3. The second kappa shape index (κ2) is 6.33. The summed E-state index contributed by atoms with van der Waals surface area (Å²) in [5.74, 6) is -0.441. The molecule has 0 fully saturated rings. The van der Waals surface area contributed by atoms with Crippen molar-refractivity contribution >= 4 is 12.1 Å². The molecule has 0 aliphatic heterocycles. The van der Waals surface area contributed by atoms with Crippen molar-refractivity contribution in [3.05, 3.63) is 59.7 Å². The molecule has 0 atom stereocenters. The van der Waals surface area contributed by atoms with Crippen molar-refractivity contribution in [3.63, 3.8) is 0 Å². The molecule has 0 bridgehead atoms. The zero-order chi connectivity index (χ0) is 16.2. The van der Waals surface area contributed by atoms with Crippen LogP contribution in [0.4, 0.5) is 13.2 Å². The van der Waals surface area contributed by atoms with Crippen LogP contribution in [0.25, 0.3) is 0 Å². The maximum absolute atomic E-state index is 12.4. The van der Waals surface area contributed by atoms with Crippen LogP contribution in [0, 0.1) is 0 Å². The molecule has 0 aliphatic carbocycles. The minimum atomic E-state index is -4.44. The highest BCUT2D eigenvalue weighted by atomic mass is 19.4. The molecule has 2 aromatic rings. The number of aromatic nitrogens is 2. The number of carbonyl (C=O) groups excluding carboxylic acids is 1. The lowest BCUT2D eigenvalue weighted by Crippen LogP contribution is -2.22. The van der Waals surface area contributed by atoms with Gasteiger partial charge in [-0.05, 0) is 24.3 Å². The highest BCUT2D eigenvalue weighted by Gasteiger charge is 2.30. The van der Waals surface area contributed by atoms with Gasteiger partial charge >= 0.3 is 6.18 Å². The molecule has 2 aromatic heterocycles. The van der Waals surface area contributed by atoms with E-state index in [4.69, 9.17) is 0 Å². The van der Waals surface area contributed by atoms with E-state index in [9.17, 15) is 18.0 Å². The van der Waals surface area contributed by atoms with Crippen molar-refractivity contribution in [2.75, 3.05) is 7.05 Å². The van der Waals surface area contributed by atoms with Gasteiger partial charge in [-0.1, -0.05) is 6.07 Å². The van der Waals surface area contributed by atoms with Crippen molar-refractivity contribution in [1.82, 2.24) is 15.0 Å². The van der Waals surface area contributed by atoms with Gasteiger partial charge < -0.3 is 0 Å². The molecule has 0 radical (unpaired) electrons. The number of rotatable bonds is 3. The Balaban J connectivity index is 2.07. The summed E-state index contributed by atoms with van der Waals surface area (Å²) in [5, 5.41) is 4.87. The molecule has 0 aromatic carbocycles. The van der Waals surface area contributed by atoms with Crippen LogP contribution in [0.2, 0.25) is 0 Å². The summed E-state index contributed by atoms with van der Waals surface area (Å²) in [6.45, 7) is 0. The number of hydrazone groups is 1. The molecule has 5 nitrogen and oxygen atoms in total. The lowest BCUT2D eigenvalue weighted by molar-refractivity contribution is -0.137. The Morgan fingerprint density at radius 2 is 2.00 bits per heavy atom. The molecule has 0 spiro atoms. The summed E-state index contributed by atoms with van der Waals surface area (Å²) < 4.78 is 37.2. The SMILES string of the molecule is CN(N=Cc1ccc(C(F)(F)F)cn1)C(=O)c1ccccn1. The van der Waals surface area contributed by atoms with Crippen molar-refractivity contribution < 1.29 is 18.0 Å². The molecule has 114 valence electrons. The highest BCUT2D eigenvalue weighted by molar-refractivity contribution is 5.92. The Labute approximate surface area is 124 Å². The Morgan fingerprint density at radius 1 is 1.23 bits per heavy atom. The molecule has 0 aliphatic rings. The molecule has 2 heterocycles. The first-order chi connectivity index (χ1) is 10.4. The maximum Gasteiger partial charge on any atom is 0.417 e. The van der Waals surface area contributed by atoms with Gasteiger partial charge in [-0.2, -0.15) is 18.3 Å². The molecule has 1 amide bonds. The minimum Gasteiger partial charge on any atom is -0.265 e. The van der Waals surface area contributed by atoms with Gasteiger partial charge in [-0.15, -0.1) is 0 Å². The van der Waals surface area contributed by atoms with Gasteiger partial charge in [0.05, 0.1) is 17.5 Å². The average Bonchev–Trinajstić information content (AvgIpc) is 2.52. The normalized spacial score (nSPS) is 11.6. The summed E-state index contributed by atoms with van der Waals surface area (Å²) in [6.07, 6.45) is -1.06. The minimum absolute atomic E-state index is 0.202. The van der Waals surface area contributed by atoms with Crippen LogP contribution in [0.5, 0.6) is 0 Å². The summed E-state index contributed by atoms with van der Waals surface area (Å²) in [6, 6.07) is 6.94. The van der Waals surface area contributed by atoms with E-state index in [1.807, 2.05) is 0 Å². The maximum atomic E-state index is 12.4. The van der Waals surface area contributed by atoms with E-state index in [2.05, 4.69) is 15.1 Å². The fourth-order valence-electron chi connectivity index (χ4n) is 1.50. The molecule has 0 unspecified atom stereocenters. The second-order valence-corrected chi connectivity index (χ2v) is 4.26. The van der Waals surface area contributed by atoms with Crippen molar-refractivity contribution in [2.24, 2.45) is 5.10 Å². The van der Waals surface area contributed by atoms with Crippen LogP contribution in [-0.2, 0) is 6.18 Å². The molecule has 0 saturated heterocycles. The van der Waals surface area contributed by atoms with E-state index in [0.29, 0.717) is 6.20 Å². The third-order valence-corrected chi connectivity index (χ3v) is 2.65. The average molecular weight is 308 g/mol. The lowest BCUT2D eigenvalue weighted by atomic mass is 10.2. The number of hydrogen-bond acceptors (Lipinski definition) is 4. The zero-order valence-electron chi connectivity index (χ0n) is 11.4. The first-order valence-electron chi connectivity index (χ1n) is 6.14. The second-order valence-electron chi connectivity index (χ2n) is 4.26. The Morgan fingerprint density at radius 3 is 2.55 bits per heavy atom. The molecular formula is C14H11F3N4O. The summed E-state index contributed by atoms with van der Waals surface area (Å²) in [7, 11) is 1.41. The van der Waals surface area contributed by atoms with E-state index in [1.165, 1.54) is 31.6 Å². The largest absolute Gasteiger partial charge is 0.417 e. The van der Waals surface area contributed by atoms with E-state index in [-0.39, 0.29) is 11.4 Å². The third kappa shape index (κ3) is 3.87. The molecule has 2 rings (SSSR count). The monoisotopic (exact) mass is 308 g/mol. The predicted octanol–water partition coefficient (Wildman–Crippen LogP) is 2.60. The Bertz CT molecular complexity index is 669. The van der Waals surface area contributed by atoms with Crippen LogP contribution < -0.4 is 0 Å². The van der Waals surface area contributed by atoms with Gasteiger partial charge in [-0.3, -0.25) is 14.8 Å². The number of hydrogen-bond donors (Lipinski definition) is 0. The van der Waals surface area contributed by atoms with Crippen LogP contribution in [0.3, 0.4) is 0 Å². The molecule has 22 heavy (non-hydrogen) atoms. The molecule has 0 saturated carbocycles. The quantitative estimate of drug-likeness (QED) is 0.647. The summed E-state index contributed by atoms with van der Waals surface area (Å²) in [5.41, 5.74) is -0.432. The fourth-order valence-corrected chi connectivity index (χ4v) is 1.50. The number of halogens is 3. The van der Waals surface area contributed by atoms with Crippen molar-refractivity contribution in [2.45, 2.75) is 6.18 Å². The van der Waals surface area contributed by atoms with Crippen molar-refractivity contribution in [3.8, 4) is 0 Å². The number of amides is 1. The van der Waals surface area contributed by atoms with Gasteiger partial charge in [0, 0.05) is 19.4 Å². The van der Waals surface area contributed by atoms with Crippen LogP contribution >= 0.6 is 0 Å². The lowest BCUT2D eigenvalue weighted by Gasteiger charge is -2.09. The Hall–Kier alpha value is -2.77. The highest BCUT2D eigenvalue weighted by Crippen LogP contribution is 2.28. The van der Waals surface area contributed by atoms with E-state index in [1.54, 1.807) is 12.1 Å².